The summed E-state index contributed by atoms with van der Waals surface area (Å²) in [5, 5.41) is 0. The van der Waals surface area contributed by atoms with Gasteiger partial charge in [-0.3, -0.25) is 0 Å². The number of aromatic nitrogens is 3. The average molecular weight is 281 g/mol. The van der Waals surface area contributed by atoms with E-state index in [1.807, 2.05) is 6.07 Å². The summed E-state index contributed by atoms with van der Waals surface area (Å²) >= 11 is 3.40. The Hall–Kier alpha value is -0.940. The Bertz CT molecular complexity index is 522. The Balaban J connectivity index is 2.04. The number of hydrogen-bond donors (Lipinski definition) is 2. The zero-order valence-electron chi connectivity index (χ0n) is 8.78. The van der Waals surface area contributed by atoms with Crippen LogP contribution in [-0.2, 0) is 0 Å². The van der Waals surface area contributed by atoms with Crippen LogP contribution in [0.3, 0.4) is 0 Å². The first-order valence-electron chi connectivity index (χ1n) is 5.51. The van der Waals surface area contributed by atoms with Crippen molar-refractivity contribution in [1.29, 1.82) is 0 Å². The van der Waals surface area contributed by atoms with Crippen LogP contribution in [0.4, 0.5) is 0 Å². The van der Waals surface area contributed by atoms with E-state index in [9.17, 15) is 0 Å². The van der Waals surface area contributed by atoms with Crippen molar-refractivity contribution in [3.63, 3.8) is 0 Å². The number of hydrogen-bond acceptors (Lipinski definition) is 3. The van der Waals surface area contributed by atoms with E-state index in [1.165, 1.54) is 6.42 Å². The van der Waals surface area contributed by atoms with Crippen LogP contribution in [0.1, 0.15) is 31.0 Å². The summed E-state index contributed by atoms with van der Waals surface area (Å²) in [6.45, 7) is 0. The van der Waals surface area contributed by atoms with Gasteiger partial charge in [-0.1, -0.05) is 6.42 Å². The Morgan fingerprint density at radius 1 is 1.44 bits per heavy atom. The van der Waals surface area contributed by atoms with Crippen molar-refractivity contribution in [3.8, 4) is 0 Å². The monoisotopic (exact) mass is 280 g/mol. The third-order valence-electron chi connectivity index (χ3n) is 3.24. The highest BCUT2D eigenvalue weighted by molar-refractivity contribution is 9.10. The third kappa shape index (κ3) is 1.64. The number of pyridine rings is 1. The second-order valence-electron chi connectivity index (χ2n) is 4.35. The van der Waals surface area contributed by atoms with Gasteiger partial charge in [0.15, 0.2) is 5.65 Å². The molecule has 2 heterocycles. The van der Waals surface area contributed by atoms with Crippen LogP contribution in [0.5, 0.6) is 0 Å². The minimum absolute atomic E-state index is 0.240. The molecule has 0 radical (unpaired) electrons. The molecule has 3 N–H and O–H groups in total. The Morgan fingerprint density at radius 2 is 2.31 bits per heavy atom. The molecule has 2 unspecified atom stereocenters. The predicted molar refractivity (Wildman–Crippen MR) is 66.2 cm³/mol. The molecular weight excluding hydrogens is 268 g/mol. The lowest BCUT2D eigenvalue weighted by Gasteiger charge is -2.11. The molecule has 3 rings (SSSR count). The largest absolute Gasteiger partial charge is 0.340 e. The first kappa shape index (κ1) is 10.2. The normalized spacial score (nSPS) is 25.4. The molecule has 1 saturated carbocycles. The van der Waals surface area contributed by atoms with E-state index in [-0.39, 0.29) is 6.04 Å². The zero-order valence-corrected chi connectivity index (χ0v) is 10.4. The molecule has 0 amide bonds. The fourth-order valence-electron chi connectivity index (χ4n) is 2.40. The Kier molecular flexibility index (Phi) is 2.44. The van der Waals surface area contributed by atoms with E-state index < -0.39 is 0 Å². The van der Waals surface area contributed by atoms with E-state index in [0.29, 0.717) is 5.92 Å². The quantitative estimate of drug-likeness (QED) is 0.842. The number of halogens is 1. The maximum atomic E-state index is 6.07. The topological polar surface area (TPSA) is 67.6 Å². The number of nitrogens with two attached hydrogens (primary N) is 1. The number of rotatable bonds is 1. The van der Waals surface area contributed by atoms with Gasteiger partial charge in [-0.2, -0.15) is 0 Å². The molecule has 0 aromatic carbocycles. The van der Waals surface area contributed by atoms with Crippen LogP contribution in [0, 0.1) is 0 Å². The molecule has 1 aliphatic carbocycles. The molecule has 1 aliphatic rings. The number of aromatic amines is 1. The molecule has 5 heteroatoms. The van der Waals surface area contributed by atoms with Gasteiger partial charge in [0.05, 0.1) is 5.52 Å². The van der Waals surface area contributed by atoms with Crippen LogP contribution in [0.15, 0.2) is 16.7 Å². The standard InChI is InChI=1S/C11H13BrN4/c12-6-4-9-11(14-5-6)16-10(15-9)7-2-1-3-8(7)13/h4-5,7-8H,1-3,13H2,(H,14,15,16). The van der Waals surface area contributed by atoms with Crippen LogP contribution >= 0.6 is 15.9 Å². The molecule has 0 bridgehead atoms. The first-order chi connectivity index (χ1) is 7.74. The van der Waals surface area contributed by atoms with Gasteiger partial charge in [0, 0.05) is 22.6 Å². The Morgan fingerprint density at radius 3 is 3.06 bits per heavy atom. The number of imidazole rings is 1. The number of H-pyrrole nitrogens is 1. The van der Waals surface area contributed by atoms with Gasteiger partial charge < -0.3 is 10.7 Å². The van der Waals surface area contributed by atoms with E-state index in [0.717, 1.165) is 34.3 Å². The summed E-state index contributed by atoms with van der Waals surface area (Å²) in [4.78, 5) is 12.1. The predicted octanol–water partition coefficient (Wildman–Crippen LogP) is 2.32. The van der Waals surface area contributed by atoms with Crippen molar-refractivity contribution in [1.82, 2.24) is 15.0 Å². The summed E-state index contributed by atoms with van der Waals surface area (Å²) in [6.07, 6.45) is 5.18. The van der Waals surface area contributed by atoms with Gasteiger partial charge in [0.2, 0.25) is 0 Å². The molecule has 2 atom stereocenters. The highest BCUT2D eigenvalue weighted by Gasteiger charge is 2.28. The van der Waals surface area contributed by atoms with Gasteiger partial charge in [0.1, 0.15) is 5.82 Å². The third-order valence-corrected chi connectivity index (χ3v) is 3.68. The molecule has 1 fully saturated rings. The summed E-state index contributed by atoms with van der Waals surface area (Å²) in [7, 11) is 0. The van der Waals surface area contributed by atoms with Crippen molar-refractivity contribution < 1.29 is 0 Å². The molecule has 16 heavy (non-hydrogen) atoms. The number of nitrogens with zero attached hydrogens (tertiary/aromatic N) is 2. The van der Waals surface area contributed by atoms with E-state index >= 15 is 0 Å². The summed E-state index contributed by atoms with van der Waals surface area (Å²) in [6, 6.07) is 2.24. The number of fused-ring (bicyclic) bond motifs is 1. The van der Waals surface area contributed by atoms with E-state index in [4.69, 9.17) is 5.73 Å². The highest BCUT2D eigenvalue weighted by atomic mass is 79.9. The lowest BCUT2D eigenvalue weighted by atomic mass is 10.0. The molecule has 4 nitrogen and oxygen atoms in total. The van der Waals surface area contributed by atoms with Crippen LogP contribution in [0.25, 0.3) is 11.2 Å². The van der Waals surface area contributed by atoms with Crippen molar-refractivity contribution in [2.24, 2.45) is 5.73 Å². The lowest BCUT2D eigenvalue weighted by molar-refractivity contribution is 0.588. The van der Waals surface area contributed by atoms with E-state index in [2.05, 4.69) is 30.9 Å². The van der Waals surface area contributed by atoms with Gasteiger partial charge in [0.25, 0.3) is 0 Å². The van der Waals surface area contributed by atoms with Crippen molar-refractivity contribution in [2.75, 3.05) is 0 Å². The smallest absolute Gasteiger partial charge is 0.177 e. The van der Waals surface area contributed by atoms with Crippen molar-refractivity contribution >= 4 is 27.1 Å². The van der Waals surface area contributed by atoms with Gasteiger partial charge in [-0.05, 0) is 34.8 Å². The summed E-state index contributed by atoms with van der Waals surface area (Å²) in [5.41, 5.74) is 7.82. The Labute approximate surface area is 102 Å². The molecule has 84 valence electrons. The first-order valence-corrected chi connectivity index (χ1v) is 6.30. The molecule has 0 spiro atoms. The van der Waals surface area contributed by atoms with Crippen molar-refractivity contribution in [3.05, 3.63) is 22.6 Å². The second-order valence-corrected chi connectivity index (χ2v) is 5.26. The molecule has 2 aromatic heterocycles. The van der Waals surface area contributed by atoms with Crippen molar-refractivity contribution in [2.45, 2.75) is 31.2 Å². The lowest BCUT2D eigenvalue weighted by Crippen LogP contribution is -2.23. The van der Waals surface area contributed by atoms with Crippen LogP contribution in [-0.4, -0.2) is 21.0 Å². The van der Waals surface area contributed by atoms with Gasteiger partial charge in [-0.15, -0.1) is 0 Å². The van der Waals surface area contributed by atoms with Gasteiger partial charge >= 0.3 is 0 Å². The highest BCUT2D eigenvalue weighted by Crippen LogP contribution is 2.32. The van der Waals surface area contributed by atoms with E-state index in [1.54, 1.807) is 6.20 Å². The van der Waals surface area contributed by atoms with Crippen LogP contribution < -0.4 is 5.73 Å². The molecular formula is C11H13BrN4. The summed E-state index contributed by atoms with van der Waals surface area (Å²) in [5.74, 6) is 1.36. The van der Waals surface area contributed by atoms with Gasteiger partial charge in [-0.25, -0.2) is 9.97 Å². The minimum Gasteiger partial charge on any atom is -0.340 e. The minimum atomic E-state index is 0.240. The fraction of sp³-hybridized carbons (Fsp3) is 0.455. The number of nitrogens with one attached hydrogen (secondary N) is 1. The summed E-state index contributed by atoms with van der Waals surface area (Å²) < 4.78 is 0.964. The SMILES string of the molecule is NC1CCCC1c1nc2ncc(Br)cc2[nH]1. The zero-order chi connectivity index (χ0) is 11.1. The molecule has 2 aromatic rings. The molecule has 0 aliphatic heterocycles. The second kappa shape index (κ2) is 3.82. The van der Waals surface area contributed by atoms with Crippen LogP contribution in [0.2, 0.25) is 0 Å². The fourth-order valence-corrected chi connectivity index (χ4v) is 2.73. The maximum absolute atomic E-state index is 6.07. The average Bonchev–Trinajstić information content (AvgIpc) is 2.82. The maximum Gasteiger partial charge on any atom is 0.177 e. The molecule has 0 saturated heterocycles.